The van der Waals surface area contributed by atoms with Gasteiger partial charge in [-0.3, -0.25) is 0 Å². The van der Waals surface area contributed by atoms with Crippen molar-refractivity contribution in [2.24, 2.45) is 0 Å². The number of ether oxygens (including phenoxy) is 4. The molecular weight excluding hydrogens is 456 g/mol. The van der Waals surface area contributed by atoms with E-state index < -0.39 is 11.9 Å². The molecular formula is C30H40O6. The predicted molar refractivity (Wildman–Crippen MR) is 142 cm³/mol. The van der Waals surface area contributed by atoms with Crippen molar-refractivity contribution in [3.63, 3.8) is 0 Å². The lowest BCUT2D eigenvalue weighted by atomic mass is 10.1. The molecule has 0 fully saturated rings. The predicted octanol–water partition coefficient (Wildman–Crippen LogP) is 7.31. The number of carbonyl (C=O) groups excluding carboxylic acids is 2. The fraction of sp³-hybridized carbons (Fsp3) is 0.467. The Hall–Kier alpha value is -3.28. The summed E-state index contributed by atoms with van der Waals surface area (Å²) < 4.78 is 21.8. The van der Waals surface area contributed by atoms with E-state index in [-0.39, 0.29) is 0 Å². The van der Waals surface area contributed by atoms with Crippen LogP contribution in [0.1, 0.15) is 81.5 Å². The van der Waals surface area contributed by atoms with Crippen LogP contribution in [-0.2, 0) is 9.53 Å². The van der Waals surface area contributed by atoms with Gasteiger partial charge in [0.15, 0.2) is 0 Å². The van der Waals surface area contributed by atoms with Crippen molar-refractivity contribution in [3.05, 3.63) is 66.7 Å². The van der Waals surface area contributed by atoms with Crippen LogP contribution < -0.4 is 14.2 Å². The van der Waals surface area contributed by atoms with Gasteiger partial charge in [-0.15, -0.1) is 0 Å². The SMILES string of the molecule is C=CC(=O)OCCCCOc1ccc(C(=O)Oc2ccc(OCCCCCCCCCC)cc2)cc1. The largest absolute Gasteiger partial charge is 0.494 e. The van der Waals surface area contributed by atoms with Gasteiger partial charge in [0.1, 0.15) is 17.2 Å². The molecule has 0 radical (unpaired) electrons. The normalized spacial score (nSPS) is 10.5. The van der Waals surface area contributed by atoms with Gasteiger partial charge < -0.3 is 18.9 Å². The molecule has 0 saturated heterocycles. The molecule has 0 aliphatic heterocycles. The van der Waals surface area contributed by atoms with Crippen LogP contribution in [0.3, 0.4) is 0 Å². The number of hydrogen-bond acceptors (Lipinski definition) is 6. The number of carbonyl (C=O) groups is 2. The second-order valence-electron chi connectivity index (χ2n) is 8.64. The smallest absolute Gasteiger partial charge is 0.343 e. The van der Waals surface area contributed by atoms with E-state index in [4.69, 9.17) is 18.9 Å². The third-order valence-corrected chi connectivity index (χ3v) is 5.61. The average molecular weight is 497 g/mol. The molecule has 0 spiro atoms. The highest BCUT2D eigenvalue weighted by Gasteiger charge is 2.09. The molecule has 0 unspecified atom stereocenters. The van der Waals surface area contributed by atoms with Crippen LogP contribution in [0.25, 0.3) is 0 Å². The van der Waals surface area contributed by atoms with E-state index in [1.54, 1.807) is 36.4 Å². The van der Waals surface area contributed by atoms with Gasteiger partial charge in [-0.25, -0.2) is 9.59 Å². The summed E-state index contributed by atoms with van der Waals surface area (Å²) in [6.45, 7) is 7.12. The van der Waals surface area contributed by atoms with Crippen LogP contribution in [0.5, 0.6) is 17.2 Å². The second-order valence-corrected chi connectivity index (χ2v) is 8.64. The van der Waals surface area contributed by atoms with Gasteiger partial charge in [0.05, 0.1) is 25.4 Å². The van der Waals surface area contributed by atoms with E-state index >= 15 is 0 Å². The lowest BCUT2D eigenvalue weighted by molar-refractivity contribution is -0.137. The molecule has 36 heavy (non-hydrogen) atoms. The zero-order chi connectivity index (χ0) is 25.8. The molecule has 2 rings (SSSR count). The van der Waals surface area contributed by atoms with Crippen molar-refractivity contribution in [3.8, 4) is 17.2 Å². The van der Waals surface area contributed by atoms with Crippen molar-refractivity contribution in [2.45, 2.75) is 71.1 Å². The standard InChI is InChI=1S/C30H40O6/c1-3-5-6-7-8-9-10-11-22-33-27-18-20-28(21-19-27)36-30(32)25-14-16-26(17-15-25)34-23-12-13-24-35-29(31)4-2/h4,14-21H,2-3,5-13,22-24H2,1H3. The first-order chi connectivity index (χ1) is 17.6. The second kappa shape index (κ2) is 18.1. The lowest BCUT2D eigenvalue weighted by Gasteiger charge is -2.09. The Morgan fingerprint density at radius 3 is 1.72 bits per heavy atom. The Labute approximate surface area is 215 Å². The Morgan fingerprint density at radius 1 is 0.667 bits per heavy atom. The highest BCUT2D eigenvalue weighted by Crippen LogP contribution is 2.20. The zero-order valence-electron chi connectivity index (χ0n) is 21.5. The molecule has 0 atom stereocenters. The van der Waals surface area contributed by atoms with Crippen molar-refractivity contribution in [1.82, 2.24) is 0 Å². The Bertz CT molecular complexity index is 889. The number of benzene rings is 2. The Kier molecular flexibility index (Phi) is 14.5. The quantitative estimate of drug-likeness (QED) is 0.0878. The van der Waals surface area contributed by atoms with Crippen LogP contribution in [0.2, 0.25) is 0 Å². The minimum Gasteiger partial charge on any atom is -0.494 e. The maximum atomic E-state index is 12.4. The van der Waals surface area contributed by atoms with Gasteiger partial charge in [-0.05, 0) is 67.8 Å². The molecule has 2 aromatic rings. The highest BCUT2D eigenvalue weighted by atomic mass is 16.5. The summed E-state index contributed by atoms with van der Waals surface area (Å²) in [5, 5.41) is 0. The first-order valence-corrected chi connectivity index (χ1v) is 13.1. The first kappa shape index (κ1) is 29.0. The summed E-state index contributed by atoms with van der Waals surface area (Å²) in [6, 6.07) is 13.9. The minimum absolute atomic E-state index is 0.339. The Morgan fingerprint density at radius 2 is 1.14 bits per heavy atom. The van der Waals surface area contributed by atoms with Gasteiger partial charge in [-0.2, -0.15) is 0 Å². The summed E-state index contributed by atoms with van der Waals surface area (Å²) in [5.41, 5.74) is 0.439. The van der Waals surface area contributed by atoms with Gasteiger partial charge in [0.25, 0.3) is 0 Å². The van der Waals surface area contributed by atoms with E-state index in [0.717, 1.165) is 24.7 Å². The van der Waals surface area contributed by atoms with Crippen LogP contribution in [0, 0.1) is 0 Å². The highest BCUT2D eigenvalue weighted by molar-refractivity contribution is 5.91. The average Bonchev–Trinajstić information content (AvgIpc) is 2.90. The number of hydrogen-bond donors (Lipinski definition) is 0. The first-order valence-electron chi connectivity index (χ1n) is 13.1. The summed E-state index contributed by atoms with van der Waals surface area (Å²) >= 11 is 0. The van der Waals surface area contributed by atoms with E-state index in [1.807, 2.05) is 12.1 Å². The molecule has 6 heteroatoms. The fourth-order valence-electron chi connectivity index (χ4n) is 3.51. The zero-order valence-corrected chi connectivity index (χ0v) is 21.5. The van der Waals surface area contributed by atoms with Crippen molar-refractivity contribution in [1.29, 1.82) is 0 Å². The van der Waals surface area contributed by atoms with Crippen molar-refractivity contribution < 1.29 is 28.5 Å². The van der Waals surface area contributed by atoms with Crippen molar-refractivity contribution >= 4 is 11.9 Å². The van der Waals surface area contributed by atoms with Gasteiger partial charge >= 0.3 is 11.9 Å². The molecule has 0 bridgehead atoms. The molecule has 0 aliphatic rings. The third-order valence-electron chi connectivity index (χ3n) is 5.61. The Balaban J connectivity index is 1.61. The molecule has 0 aromatic heterocycles. The maximum absolute atomic E-state index is 12.4. The van der Waals surface area contributed by atoms with Gasteiger partial charge in [-0.1, -0.05) is 58.4 Å². The van der Waals surface area contributed by atoms with Crippen LogP contribution in [0.4, 0.5) is 0 Å². The van der Waals surface area contributed by atoms with E-state index in [1.165, 1.54) is 44.9 Å². The fourth-order valence-corrected chi connectivity index (χ4v) is 3.51. The molecule has 2 aromatic carbocycles. The van der Waals surface area contributed by atoms with Crippen LogP contribution >= 0.6 is 0 Å². The van der Waals surface area contributed by atoms with Gasteiger partial charge in [0, 0.05) is 6.08 Å². The number of unbranched alkanes of at least 4 members (excludes halogenated alkanes) is 8. The molecule has 196 valence electrons. The minimum atomic E-state index is -0.432. The molecule has 0 aliphatic carbocycles. The summed E-state index contributed by atoms with van der Waals surface area (Å²) in [7, 11) is 0. The van der Waals surface area contributed by atoms with E-state index in [9.17, 15) is 9.59 Å². The summed E-state index contributed by atoms with van der Waals surface area (Å²) in [6.07, 6.45) is 12.7. The molecule has 0 saturated carbocycles. The van der Waals surface area contributed by atoms with Crippen LogP contribution in [0.15, 0.2) is 61.2 Å². The topological polar surface area (TPSA) is 71.1 Å². The van der Waals surface area contributed by atoms with Gasteiger partial charge in [0.2, 0.25) is 0 Å². The summed E-state index contributed by atoms with van der Waals surface area (Å²) in [4.78, 5) is 23.4. The maximum Gasteiger partial charge on any atom is 0.343 e. The number of esters is 2. The summed E-state index contributed by atoms with van der Waals surface area (Å²) in [5.74, 6) is 1.05. The molecule has 6 nitrogen and oxygen atoms in total. The molecule has 0 heterocycles. The lowest BCUT2D eigenvalue weighted by Crippen LogP contribution is -2.08. The monoisotopic (exact) mass is 496 g/mol. The number of rotatable bonds is 19. The van der Waals surface area contributed by atoms with E-state index in [0.29, 0.717) is 43.3 Å². The molecule has 0 N–H and O–H groups in total. The molecule has 0 amide bonds. The third kappa shape index (κ3) is 12.4. The van der Waals surface area contributed by atoms with Crippen LogP contribution in [-0.4, -0.2) is 31.8 Å². The van der Waals surface area contributed by atoms with E-state index in [2.05, 4.69) is 13.5 Å². The van der Waals surface area contributed by atoms with Crippen molar-refractivity contribution in [2.75, 3.05) is 19.8 Å².